The molecule has 0 saturated heterocycles. The first-order chi connectivity index (χ1) is 32.0. The Morgan fingerprint density at radius 2 is 0.615 bits per heavy atom. The number of rotatable bonds is 46. The molecule has 0 aromatic heterocycles. The first kappa shape index (κ1) is 61.1. The Bertz CT molecular complexity index is 1360. The summed E-state index contributed by atoms with van der Waals surface area (Å²) in [7, 11) is 0. The molecule has 0 aromatic rings. The van der Waals surface area contributed by atoms with Crippen molar-refractivity contribution in [2.45, 2.75) is 232 Å². The third-order valence-corrected chi connectivity index (χ3v) is 10.9. The second-order valence-corrected chi connectivity index (χ2v) is 17.2. The highest BCUT2D eigenvalue weighted by Gasteiger charge is 2.19. The zero-order valence-electron chi connectivity index (χ0n) is 42.0. The van der Waals surface area contributed by atoms with E-state index >= 15 is 0 Å². The number of hydrogen-bond donors (Lipinski definition) is 0. The van der Waals surface area contributed by atoms with Crippen molar-refractivity contribution in [2.24, 2.45) is 0 Å². The number of hydrogen-bond acceptors (Lipinski definition) is 6. The lowest BCUT2D eigenvalue weighted by Crippen LogP contribution is -2.30. The average Bonchev–Trinajstić information content (AvgIpc) is 3.30. The summed E-state index contributed by atoms with van der Waals surface area (Å²) >= 11 is 0. The third kappa shape index (κ3) is 50.9. The van der Waals surface area contributed by atoms with Crippen LogP contribution < -0.4 is 0 Å². The molecule has 0 N–H and O–H groups in total. The maximum absolute atomic E-state index is 12.8. The predicted molar refractivity (Wildman–Crippen MR) is 279 cm³/mol. The molecule has 1 unspecified atom stereocenters. The van der Waals surface area contributed by atoms with Gasteiger partial charge in [0.2, 0.25) is 0 Å². The van der Waals surface area contributed by atoms with Crippen LogP contribution in [0, 0.1) is 0 Å². The van der Waals surface area contributed by atoms with Crippen LogP contribution in [0.5, 0.6) is 0 Å². The van der Waals surface area contributed by atoms with Crippen LogP contribution in [-0.4, -0.2) is 37.2 Å². The molecule has 0 fully saturated rings. The van der Waals surface area contributed by atoms with Gasteiger partial charge in [-0.3, -0.25) is 14.4 Å². The first-order valence-electron chi connectivity index (χ1n) is 26.5. The number of unbranched alkanes of at least 4 members (excludes halogenated alkanes) is 23. The van der Waals surface area contributed by atoms with E-state index < -0.39 is 6.10 Å². The second kappa shape index (κ2) is 52.7. The van der Waals surface area contributed by atoms with Crippen molar-refractivity contribution in [3.8, 4) is 0 Å². The molecule has 65 heavy (non-hydrogen) atoms. The molecule has 0 saturated carbocycles. The van der Waals surface area contributed by atoms with Gasteiger partial charge in [-0.1, -0.05) is 233 Å². The molecule has 0 radical (unpaired) electrons. The van der Waals surface area contributed by atoms with Crippen molar-refractivity contribution in [2.75, 3.05) is 13.2 Å². The minimum atomic E-state index is -0.804. The summed E-state index contributed by atoms with van der Waals surface area (Å²) < 4.78 is 16.8. The number of allylic oxidation sites excluding steroid dienone is 18. The summed E-state index contributed by atoms with van der Waals surface area (Å²) in [5.74, 6) is -0.955. The highest BCUT2D eigenvalue weighted by molar-refractivity contribution is 5.71. The molecule has 0 aliphatic carbocycles. The summed E-state index contributed by atoms with van der Waals surface area (Å²) in [5.41, 5.74) is 0. The van der Waals surface area contributed by atoms with Gasteiger partial charge in [0.05, 0.1) is 0 Å². The summed E-state index contributed by atoms with van der Waals surface area (Å²) in [6.07, 6.45) is 70.7. The van der Waals surface area contributed by atoms with E-state index in [1.54, 1.807) is 0 Å². The molecule has 0 bridgehead atoms. The molecule has 0 spiro atoms. The van der Waals surface area contributed by atoms with Crippen molar-refractivity contribution in [3.63, 3.8) is 0 Å². The molecule has 1 atom stereocenters. The van der Waals surface area contributed by atoms with E-state index in [9.17, 15) is 14.4 Å². The zero-order valence-corrected chi connectivity index (χ0v) is 42.0. The Morgan fingerprint density at radius 1 is 0.323 bits per heavy atom. The highest BCUT2D eigenvalue weighted by Crippen LogP contribution is 2.14. The van der Waals surface area contributed by atoms with Crippen LogP contribution in [0.4, 0.5) is 0 Å². The van der Waals surface area contributed by atoms with Gasteiger partial charge in [0.25, 0.3) is 0 Å². The monoisotopic (exact) mass is 901 g/mol. The molecule has 6 heteroatoms. The summed E-state index contributed by atoms with van der Waals surface area (Å²) in [4.78, 5) is 38.0. The largest absolute Gasteiger partial charge is 0.462 e. The Balaban J connectivity index is 4.48. The van der Waals surface area contributed by atoms with Crippen LogP contribution >= 0.6 is 0 Å². The number of esters is 3. The minimum absolute atomic E-state index is 0.0998. The van der Waals surface area contributed by atoms with Gasteiger partial charge in [0.1, 0.15) is 13.2 Å². The van der Waals surface area contributed by atoms with E-state index in [0.717, 1.165) is 109 Å². The van der Waals surface area contributed by atoms with Gasteiger partial charge >= 0.3 is 17.9 Å². The molecule has 368 valence electrons. The van der Waals surface area contributed by atoms with Crippen LogP contribution in [0.1, 0.15) is 226 Å². The maximum atomic E-state index is 12.8. The molecule has 6 nitrogen and oxygen atoms in total. The Hall–Kier alpha value is -3.93. The predicted octanol–water partition coefficient (Wildman–Crippen LogP) is 17.5. The quantitative estimate of drug-likeness (QED) is 0.0199. The molecule has 0 aliphatic heterocycles. The standard InChI is InChI=1S/C59H96O6/c1-4-7-10-13-16-19-22-25-28-29-32-34-37-40-43-46-49-52-58(61)64-55-56(65-59(62)53-50-47-44-41-38-35-31-27-24-21-18-15-12-9-6-3)54-63-57(60)51-48-45-42-39-36-33-30-26-23-20-17-14-11-8-5-2/h8-9,11-12,14-15,17-18,20-21,23-28,30-31,56H,4-7,10,13,16,19,22,29,32-55H2,1-3H3/b11-8-,12-9-,17-14-,18-15-,23-20-,24-21-,28-25-,30-26-,31-27-. The van der Waals surface area contributed by atoms with Gasteiger partial charge < -0.3 is 14.2 Å². The lowest BCUT2D eigenvalue weighted by atomic mass is 10.1. The Morgan fingerprint density at radius 3 is 0.985 bits per heavy atom. The van der Waals surface area contributed by atoms with Gasteiger partial charge in [-0.15, -0.1) is 0 Å². The van der Waals surface area contributed by atoms with Crippen LogP contribution in [0.2, 0.25) is 0 Å². The summed E-state index contributed by atoms with van der Waals surface area (Å²) in [5, 5.41) is 0. The number of ether oxygens (including phenoxy) is 3. The molecule has 0 heterocycles. The molecular weight excluding hydrogens is 805 g/mol. The second-order valence-electron chi connectivity index (χ2n) is 17.2. The van der Waals surface area contributed by atoms with Gasteiger partial charge in [-0.25, -0.2) is 0 Å². The van der Waals surface area contributed by atoms with E-state index in [4.69, 9.17) is 14.2 Å². The lowest BCUT2D eigenvalue weighted by molar-refractivity contribution is -0.167. The minimum Gasteiger partial charge on any atom is -0.462 e. The molecule has 0 rings (SSSR count). The van der Waals surface area contributed by atoms with Gasteiger partial charge in [-0.2, -0.15) is 0 Å². The average molecular weight is 901 g/mol. The fourth-order valence-electron chi connectivity index (χ4n) is 6.99. The van der Waals surface area contributed by atoms with Gasteiger partial charge in [-0.05, 0) is 83.5 Å². The molecular formula is C59H96O6. The smallest absolute Gasteiger partial charge is 0.306 e. The summed E-state index contributed by atoms with van der Waals surface area (Å²) in [6.45, 7) is 6.31. The fraction of sp³-hybridized carbons (Fsp3) is 0.644. The first-order valence-corrected chi connectivity index (χ1v) is 26.5. The molecule has 0 aromatic carbocycles. The van der Waals surface area contributed by atoms with Crippen LogP contribution in [0.3, 0.4) is 0 Å². The Kier molecular flexibility index (Phi) is 49.5. The van der Waals surface area contributed by atoms with Gasteiger partial charge in [0, 0.05) is 19.3 Å². The van der Waals surface area contributed by atoms with Gasteiger partial charge in [0.15, 0.2) is 6.10 Å². The zero-order chi connectivity index (χ0) is 47.2. The molecule has 0 amide bonds. The van der Waals surface area contributed by atoms with Crippen molar-refractivity contribution in [1.29, 1.82) is 0 Å². The fourth-order valence-corrected chi connectivity index (χ4v) is 6.99. The van der Waals surface area contributed by atoms with E-state index in [1.165, 1.54) is 77.0 Å². The highest BCUT2D eigenvalue weighted by atomic mass is 16.6. The van der Waals surface area contributed by atoms with E-state index in [1.807, 2.05) is 42.5 Å². The molecule has 0 aliphatic rings. The van der Waals surface area contributed by atoms with Crippen LogP contribution in [-0.2, 0) is 28.6 Å². The summed E-state index contributed by atoms with van der Waals surface area (Å²) in [6, 6.07) is 0. The Labute approximate surface area is 400 Å². The van der Waals surface area contributed by atoms with E-state index in [0.29, 0.717) is 19.3 Å². The lowest BCUT2D eigenvalue weighted by Gasteiger charge is -2.18. The van der Waals surface area contributed by atoms with E-state index in [2.05, 4.69) is 87.6 Å². The van der Waals surface area contributed by atoms with E-state index in [-0.39, 0.29) is 31.1 Å². The maximum Gasteiger partial charge on any atom is 0.306 e. The third-order valence-electron chi connectivity index (χ3n) is 10.9. The van der Waals surface area contributed by atoms with Crippen LogP contribution in [0.25, 0.3) is 0 Å². The van der Waals surface area contributed by atoms with Crippen molar-refractivity contribution >= 4 is 17.9 Å². The SMILES string of the molecule is CC\C=C/C=C\C=C/C=C\CCCCCCCC(=O)OCC(COC(=O)CCCCCCCCC/C=C\CCCCCCCC)OC(=O)CCCCCCC\C=C/C=C\C=C/C=C\CC. The van der Waals surface area contributed by atoms with Crippen molar-refractivity contribution in [1.82, 2.24) is 0 Å². The number of carbonyl (C=O) groups excluding carboxylic acids is 3. The normalized spacial score (nSPS) is 13.0. The van der Waals surface area contributed by atoms with Crippen molar-refractivity contribution in [3.05, 3.63) is 109 Å². The van der Waals surface area contributed by atoms with Crippen LogP contribution in [0.15, 0.2) is 109 Å². The topological polar surface area (TPSA) is 78.9 Å². The number of carbonyl (C=O) groups is 3. The van der Waals surface area contributed by atoms with Crippen molar-refractivity contribution < 1.29 is 28.6 Å².